The first kappa shape index (κ1) is 20.7. The maximum atomic E-state index is 12.4. The summed E-state index contributed by atoms with van der Waals surface area (Å²) in [4.78, 5) is 23.5. The zero-order valence-electron chi connectivity index (χ0n) is 17.5. The van der Waals surface area contributed by atoms with Crippen molar-refractivity contribution < 1.29 is 19.7 Å². The number of aliphatic carboxylic acids is 1. The number of carbonyl (C=O) groups is 1. The molecule has 0 unspecified atom stereocenters. The van der Waals surface area contributed by atoms with Crippen molar-refractivity contribution in [1.82, 2.24) is 14.9 Å². The van der Waals surface area contributed by atoms with Gasteiger partial charge in [-0.15, -0.1) is 11.3 Å². The van der Waals surface area contributed by atoms with Crippen LogP contribution in [0.1, 0.15) is 27.7 Å². The molecule has 4 aromatic rings. The molecule has 5 rings (SSSR count). The fourth-order valence-electron chi connectivity index (χ4n) is 4.29. The third-order valence-corrected chi connectivity index (χ3v) is 7.08. The maximum Gasteiger partial charge on any atom is 0.325 e. The van der Waals surface area contributed by atoms with Crippen LogP contribution in [0, 0.1) is 0 Å². The second-order valence-corrected chi connectivity index (χ2v) is 8.94. The molecule has 0 radical (unpaired) electrons. The molecule has 2 aromatic heterocycles. The summed E-state index contributed by atoms with van der Waals surface area (Å²) in [5, 5.41) is 21.4. The Labute approximate surface area is 188 Å². The number of aromatic amines is 1. The summed E-state index contributed by atoms with van der Waals surface area (Å²) in [7, 11) is 1.64. The number of ether oxygens (including phenoxy) is 1. The highest BCUT2D eigenvalue weighted by molar-refractivity contribution is 7.15. The standard InChI is InChI=1S/C24H23N3O4S/c1-31-16-5-3-15(4-6-16)23-26-20-8-9-27(12-21(20)32-23)22(24(29)30)18-11-25-19-7-2-14(13-28)10-17(18)19/h2-7,10-11,22,25,28H,8-9,12-13H2,1H3,(H,29,30)/t22-/m0/s1. The van der Waals surface area contributed by atoms with E-state index in [9.17, 15) is 15.0 Å². The van der Waals surface area contributed by atoms with Gasteiger partial charge in [0.25, 0.3) is 0 Å². The van der Waals surface area contributed by atoms with Crippen molar-refractivity contribution in [2.24, 2.45) is 0 Å². The topological polar surface area (TPSA) is 98.7 Å². The van der Waals surface area contributed by atoms with Crippen LogP contribution in [0.2, 0.25) is 0 Å². The lowest BCUT2D eigenvalue weighted by molar-refractivity contribution is -0.144. The molecule has 0 bridgehead atoms. The summed E-state index contributed by atoms with van der Waals surface area (Å²) < 4.78 is 5.23. The minimum absolute atomic E-state index is 0.0830. The lowest BCUT2D eigenvalue weighted by atomic mass is 10.0. The van der Waals surface area contributed by atoms with Crippen molar-refractivity contribution >= 4 is 28.2 Å². The van der Waals surface area contributed by atoms with E-state index in [1.165, 1.54) is 0 Å². The fraction of sp³-hybridized carbons (Fsp3) is 0.250. The van der Waals surface area contributed by atoms with Gasteiger partial charge in [-0.25, -0.2) is 4.98 Å². The highest BCUT2D eigenvalue weighted by Gasteiger charge is 2.33. The second kappa shape index (κ2) is 8.38. The third kappa shape index (κ3) is 3.66. The molecule has 7 nitrogen and oxygen atoms in total. The van der Waals surface area contributed by atoms with Crippen molar-refractivity contribution in [3.05, 3.63) is 70.4 Å². The summed E-state index contributed by atoms with van der Waals surface area (Å²) in [6.07, 6.45) is 2.48. The van der Waals surface area contributed by atoms with Crippen LogP contribution < -0.4 is 4.74 Å². The maximum absolute atomic E-state index is 12.4. The molecule has 0 aliphatic carbocycles. The first-order valence-corrected chi connectivity index (χ1v) is 11.2. The number of hydrogen-bond acceptors (Lipinski definition) is 6. The number of hydrogen-bond donors (Lipinski definition) is 3. The molecule has 0 saturated heterocycles. The van der Waals surface area contributed by atoms with Crippen molar-refractivity contribution in [2.45, 2.75) is 25.6 Å². The molecule has 1 aliphatic rings. The van der Waals surface area contributed by atoms with Gasteiger partial charge in [-0.2, -0.15) is 0 Å². The Morgan fingerprint density at radius 1 is 1.28 bits per heavy atom. The number of carboxylic acid groups (broad SMARTS) is 1. The number of fused-ring (bicyclic) bond motifs is 2. The predicted octanol–water partition coefficient (Wildman–Crippen LogP) is 3.98. The van der Waals surface area contributed by atoms with Crippen LogP contribution in [0.5, 0.6) is 5.75 Å². The first-order valence-electron chi connectivity index (χ1n) is 10.4. The number of H-pyrrole nitrogens is 1. The largest absolute Gasteiger partial charge is 0.497 e. The van der Waals surface area contributed by atoms with Gasteiger partial charge in [0.05, 0.1) is 19.4 Å². The molecule has 164 valence electrons. The number of rotatable bonds is 6. The van der Waals surface area contributed by atoms with Crippen molar-refractivity contribution in [3.63, 3.8) is 0 Å². The van der Waals surface area contributed by atoms with E-state index in [0.717, 1.165) is 43.4 Å². The highest BCUT2D eigenvalue weighted by Crippen LogP contribution is 2.37. The Balaban J connectivity index is 1.45. The van der Waals surface area contributed by atoms with Crippen LogP contribution in [0.15, 0.2) is 48.7 Å². The number of methoxy groups -OCH3 is 1. The number of nitrogens with zero attached hydrogens (tertiary/aromatic N) is 2. The average molecular weight is 450 g/mol. The molecule has 0 spiro atoms. The van der Waals surface area contributed by atoms with Crippen molar-refractivity contribution in [1.29, 1.82) is 0 Å². The zero-order valence-corrected chi connectivity index (χ0v) is 18.4. The molecule has 3 N–H and O–H groups in total. The van der Waals surface area contributed by atoms with Gasteiger partial charge in [0.15, 0.2) is 0 Å². The van der Waals surface area contributed by atoms with E-state index in [2.05, 4.69) is 4.98 Å². The van der Waals surface area contributed by atoms with E-state index in [0.29, 0.717) is 25.1 Å². The quantitative estimate of drug-likeness (QED) is 0.412. The lowest BCUT2D eigenvalue weighted by Crippen LogP contribution is -2.37. The summed E-state index contributed by atoms with van der Waals surface area (Å²) in [6.45, 7) is 1.06. The summed E-state index contributed by atoms with van der Waals surface area (Å²) in [5.74, 6) is -0.0859. The molecule has 0 fully saturated rings. The number of aliphatic hydroxyl groups excluding tert-OH is 1. The number of aliphatic hydroxyl groups is 1. The van der Waals surface area contributed by atoms with E-state index < -0.39 is 12.0 Å². The van der Waals surface area contributed by atoms with Gasteiger partial charge in [-0.3, -0.25) is 9.69 Å². The minimum Gasteiger partial charge on any atom is -0.497 e. The molecule has 8 heteroatoms. The van der Waals surface area contributed by atoms with E-state index >= 15 is 0 Å². The molecule has 32 heavy (non-hydrogen) atoms. The fourth-order valence-corrected chi connectivity index (χ4v) is 5.43. The van der Waals surface area contributed by atoms with Gasteiger partial charge in [0, 0.05) is 52.6 Å². The number of benzene rings is 2. The van der Waals surface area contributed by atoms with Gasteiger partial charge in [0.1, 0.15) is 16.8 Å². The molecule has 1 atom stereocenters. The highest BCUT2D eigenvalue weighted by atomic mass is 32.1. The van der Waals surface area contributed by atoms with Gasteiger partial charge in [-0.1, -0.05) is 6.07 Å². The Hall–Kier alpha value is -3.20. The predicted molar refractivity (Wildman–Crippen MR) is 123 cm³/mol. The minimum atomic E-state index is -0.886. The Morgan fingerprint density at radius 3 is 2.81 bits per heavy atom. The van der Waals surface area contributed by atoms with E-state index in [-0.39, 0.29) is 6.61 Å². The van der Waals surface area contributed by atoms with E-state index in [1.807, 2.05) is 47.4 Å². The number of carboxylic acids is 1. The van der Waals surface area contributed by atoms with Gasteiger partial charge in [0.2, 0.25) is 0 Å². The number of thiazole rings is 1. The van der Waals surface area contributed by atoms with E-state index in [4.69, 9.17) is 9.72 Å². The summed E-state index contributed by atoms with van der Waals surface area (Å²) in [6, 6.07) is 12.6. The van der Waals surface area contributed by atoms with Gasteiger partial charge < -0.3 is 19.9 Å². The Morgan fingerprint density at radius 2 is 2.09 bits per heavy atom. The zero-order chi connectivity index (χ0) is 22.2. The lowest BCUT2D eigenvalue weighted by Gasteiger charge is -2.31. The van der Waals surface area contributed by atoms with Gasteiger partial charge in [-0.05, 0) is 42.0 Å². The van der Waals surface area contributed by atoms with Crippen LogP contribution in [0.25, 0.3) is 21.5 Å². The number of nitrogens with one attached hydrogen (secondary N) is 1. The molecular weight excluding hydrogens is 426 g/mol. The third-order valence-electron chi connectivity index (χ3n) is 5.95. The Kier molecular flexibility index (Phi) is 5.42. The molecule has 0 amide bonds. The Bertz CT molecular complexity index is 1280. The van der Waals surface area contributed by atoms with Crippen LogP contribution in [0.3, 0.4) is 0 Å². The van der Waals surface area contributed by atoms with Crippen molar-refractivity contribution in [2.75, 3.05) is 13.7 Å². The van der Waals surface area contributed by atoms with Crippen molar-refractivity contribution in [3.8, 4) is 16.3 Å². The number of aromatic nitrogens is 2. The molecular formula is C24H23N3O4S. The average Bonchev–Trinajstić information content (AvgIpc) is 3.43. The SMILES string of the molecule is COc1ccc(-c2nc3c(s2)CN([C@H](C(=O)O)c2c[nH]c4ccc(CO)cc24)CC3)cc1. The summed E-state index contributed by atoms with van der Waals surface area (Å²) in [5.41, 5.74) is 4.41. The van der Waals surface area contributed by atoms with Gasteiger partial charge >= 0.3 is 5.97 Å². The van der Waals surface area contributed by atoms with E-state index in [1.54, 1.807) is 24.6 Å². The monoisotopic (exact) mass is 449 g/mol. The molecule has 1 aliphatic heterocycles. The summed E-state index contributed by atoms with van der Waals surface area (Å²) >= 11 is 1.61. The van der Waals surface area contributed by atoms with Crippen LogP contribution in [-0.4, -0.2) is 44.7 Å². The normalized spacial score (nSPS) is 14.9. The molecule has 3 heterocycles. The van der Waals surface area contributed by atoms with Crippen LogP contribution in [-0.2, 0) is 24.4 Å². The molecule has 2 aromatic carbocycles. The van der Waals surface area contributed by atoms with Crippen LogP contribution >= 0.6 is 11.3 Å². The first-order chi connectivity index (χ1) is 15.6. The van der Waals surface area contributed by atoms with Crippen LogP contribution in [0.4, 0.5) is 0 Å². The smallest absolute Gasteiger partial charge is 0.325 e. The molecule has 0 saturated carbocycles. The second-order valence-electron chi connectivity index (χ2n) is 7.86.